The van der Waals surface area contributed by atoms with Crippen molar-refractivity contribution >= 4 is 17.7 Å². The predicted octanol–water partition coefficient (Wildman–Crippen LogP) is 2.24. The maximum atomic E-state index is 12.2. The lowest BCUT2D eigenvalue weighted by molar-refractivity contribution is -0.120. The fraction of sp³-hybridized carbons (Fsp3) is 0.800. The Bertz CT molecular complexity index is 556. The molecule has 0 aromatic carbocycles. The van der Waals surface area contributed by atoms with E-state index in [1.54, 1.807) is 6.33 Å². The second kappa shape index (κ2) is 5.00. The van der Waals surface area contributed by atoms with E-state index in [2.05, 4.69) is 36.3 Å². The largest absolute Gasteiger partial charge is 0.352 e. The Balaban J connectivity index is 1.58. The Morgan fingerprint density at radius 2 is 2.29 bits per heavy atom. The number of thioether (sulfide) groups is 1. The fourth-order valence-electron chi connectivity index (χ4n) is 4.19. The second-order valence-corrected chi connectivity index (χ2v) is 8.19. The van der Waals surface area contributed by atoms with Gasteiger partial charge in [0, 0.05) is 13.1 Å². The van der Waals surface area contributed by atoms with Crippen LogP contribution in [0.3, 0.4) is 0 Å². The highest BCUT2D eigenvalue weighted by Crippen LogP contribution is 2.65. The molecule has 1 aromatic rings. The Hall–Kier alpha value is -1.04. The minimum atomic E-state index is 0.109. The molecule has 6 heteroatoms. The van der Waals surface area contributed by atoms with E-state index in [9.17, 15) is 4.79 Å². The SMILES string of the molecule is Cn1cnnc1SCC(=O)NC1CC2CCC1(C)C2(C)C. The highest BCUT2D eigenvalue weighted by Gasteiger charge is 2.61. The van der Waals surface area contributed by atoms with Gasteiger partial charge in [-0.1, -0.05) is 32.5 Å². The smallest absolute Gasteiger partial charge is 0.230 e. The molecule has 2 bridgehead atoms. The van der Waals surface area contributed by atoms with Crippen LogP contribution >= 0.6 is 11.8 Å². The van der Waals surface area contributed by atoms with Gasteiger partial charge in [0.25, 0.3) is 0 Å². The van der Waals surface area contributed by atoms with Crippen LogP contribution < -0.4 is 5.32 Å². The van der Waals surface area contributed by atoms with Crippen molar-refractivity contribution in [1.29, 1.82) is 0 Å². The van der Waals surface area contributed by atoms with E-state index >= 15 is 0 Å². The quantitative estimate of drug-likeness (QED) is 0.867. The summed E-state index contributed by atoms with van der Waals surface area (Å²) in [5.74, 6) is 1.27. The van der Waals surface area contributed by atoms with Crippen LogP contribution in [0.5, 0.6) is 0 Å². The van der Waals surface area contributed by atoms with E-state index in [0.717, 1.165) is 17.5 Å². The molecule has 2 fully saturated rings. The molecule has 21 heavy (non-hydrogen) atoms. The maximum Gasteiger partial charge on any atom is 0.230 e. The van der Waals surface area contributed by atoms with Crippen molar-refractivity contribution in [3.63, 3.8) is 0 Å². The summed E-state index contributed by atoms with van der Waals surface area (Å²) >= 11 is 1.44. The van der Waals surface area contributed by atoms with E-state index in [1.165, 1.54) is 24.6 Å². The third kappa shape index (κ3) is 2.28. The van der Waals surface area contributed by atoms with Crippen molar-refractivity contribution in [1.82, 2.24) is 20.1 Å². The average Bonchev–Trinajstić information content (AvgIpc) is 2.98. The number of nitrogens with one attached hydrogen (secondary N) is 1. The number of aromatic nitrogens is 3. The molecule has 2 aliphatic rings. The Kier molecular flexibility index (Phi) is 3.55. The molecule has 0 saturated heterocycles. The fourth-order valence-corrected chi connectivity index (χ4v) is 4.89. The van der Waals surface area contributed by atoms with Crippen LogP contribution in [0.15, 0.2) is 11.5 Å². The Labute approximate surface area is 130 Å². The van der Waals surface area contributed by atoms with E-state index in [-0.39, 0.29) is 11.3 Å². The normalized spacial score (nSPS) is 33.3. The summed E-state index contributed by atoms with van der Waals surface area (Å²) in [5, 5.41) is 11.9. The van der Waals surface area contributed by atoms with Crippen molar-refractivity contribution in [3.05, 3.63) is 6.33 Å². The number of hydrogen-bond donors (Lipinski definition) is 1. The average molecular weight is 308 g/mol. The molecule has 3 atom stereocenters. The standard InChI is InChI=1S/C15H24N4OS/c1-14(2)10-5-6-15(14,3)11(7-10)17-12(20)8-21-13-18-16-9-19(13)4/h9-11H,5-8H2,1-4H3,(H,17,20). The van der Waals surface area contributed by atoms with E-state index < -0.39 is 0 Å². The number of carbonyl (C=O) groups is 1. The van der Waals surface area contributed by atoms with Crippen LogP contribution in [0.4, 0.5) is 0 Å². The van der Waals surface area contributed by atoms with Gasteiger partial charge in [-0.15, -0.1) is 10.2 Å². The first-order valence-corrected chi connectivity index (χ1v) is 8.59. The molecule has 1 N–H and O–H groups in total. The molecule has 5 nitrogen and oxygen atoms in total. The molecule has 2 saturated carbocycles. The first kappa shape index (κ1) is 14.9. The van der Waals surface area contributed by atoms with E-state index in [4.69, 9.17) is 0 Å². The maximum absolute atomic E-state index is 12.2. The Morgan fingerprint density at radius 1 is 1.52 bits per heavy atom. The van der Waals surface area contributed by atoms with Gasteiger partial charge < -0.3 is 9.88 Å². The molecule has 0 radical (unpaired) electrons. The van der Waals surface area contributed by atoms with Crippen LogP contribution in [0, 0.1) is 16.7 Å². The van der Waals surface area contributed by atoms with Crippen molar-refractivity contribution < 1.29 is 4.79 Å². The minimum absolute atomic E-state index is 0.109. The summed E-state index contributed by atoms with van der Waals surface area (Å²) in [6.45, 7) is 7.08. The molecule has 0 aliphatic heterocycles. The van der Waals surface area contributed by atoms with Gasteiger partial charge in [-0.25, -0.2) is 0 Å². The van der Waals surface area contributed by atoms with Gasteiger partial charge in [-0.05, 0) is 36.0 Å². The van der Waals surface area contributed by atoms with Crippen LogP contribution in [-0.2, 0) is 11.8 Å². The lowest BCUT2D eigenvalue weighted by atomic mass is 9.69. The third-order valence-electron chi connectivity index (χ3n) is 6.13. The van der Waals surface area contributed by atoms with Crippen LogP contribution in [0.25, 0.3) is 0 Å². The summed E-state index contributed by atoms with van der Waals surface area (Å²) in [4.78, 5) is 12.2. The van der Waals surface area contributed by atoms with E-state index in [1.807, 2.05) is 11.6 Å². The third-order valence-corrected chi connectivity index (χ3v) is 7.17. The van der Waals surface area contributed by atoms with E-state index in [0.29, 0.717) is 17.2 Å². The monoisotopic (exact) mass is 308 g/mol. The topological polar surface area (TPSA) is 59.8 Å². The second-order valence-electron chi connectivity index (χ2n) is 7.24. The van der Waals surface area contributed by atoms with Crippen LogP contribution in [0.2, 0.25) is 0 Å². The molecular weight excluding hydrogens is 284 g/mol. The lowest BCUT2D eigenvalue weighted by Crippen LogP contribution is -2.47. The van der Waals surface area contributed by atoms with Crippen molar-refractivity contribution in [3.8, 4) is 0 Å². The lowest BCUT2D eigenvalue weighted by Gasteiger charge is -2.39. The van der Waals surface area contributed by atoms with Crippen molar-refractivity contribution in [2.75, 3.05) is 5.75 Å². The summed E-state index contributed by atoms with van der Waals surface area (Å²) < 4.78 is 1.83. The zero-order valence-corrected chi connectivity index (χ0v) is 14.0. The number of hydrogen-bond acceptors (Lipinski definition) is 4. The van der Waals surface area contributed by atoms with Crippen molar-refractivity contribution in [2.45, 2.75) is 51.2 Å². The number of nitrogens with zero attached hydrogens (tertiary/aromatic N) is 3. The molecular formula is C15H24N4OS. The molecule has 1 heterocycles. The number of amides is 1. The van der Waals surface area contributed by atoms with Gasteiger partial charge in [0.15, 0.2) is 5.16 Å². The number of aryl methyl sites for hydroxylation is 1. The summed E-state index contributed by atoms with van der Waals surface area (Å²) in [6, 6.07) is 0.318. The molecule has 2 aliphatic carbocycles. The van der Waals surface area contributed by atoms with Gasteiger partial charge in [0.05, 0.1) is 5.75 Å². The van der Waals surface area contributed by atoms with Crippen LogP contribution in [-0.4, -0.2) is 32.5 Å². The van der Waals surface area contributed by atoms with Gasteiger partial charge >= 0.3 is 0 Å². The number of rotatable bonds is 4. The zero-order valence-electron chi connectivity index (χ0n) is 13.2. The zero-order chi connectivity index (χ0) is 15.3. The minimum Gasteiger partial charge on any atom is -0.352 e. The van der Waals surface area contributed by atoms with Crippen LogP contribution in [0.1, 0.15) is 40.0 Å². The Morgan fingerprint density at radius 3 is 2.81 bits per heavy atom. The first-order valence-electron chi connectivity index (χ1n) is 7.61. The van der Waals surface area contributed by atoms with Gasteiger partial charge in [0.1, 0.15) is 6.33 Å². The van der Waals surface area contributed by atoms with Crippen molar-refractivity contribution in [2.24, 2.45) is 23.8 Å². The summed E-state index contributed by atoms with van der Waals surface area (Å²) in [7, 11) is 1.89. The molecule has 1 aromatic heterocycles. The molecule has 1 amide bonds. The number of fused-ring (bicyclic) bond motifs is 2. The molecule has 3 unspecified atom stereocenters. The first-order chi connectivity index (χ1) is 9.84. The van der Waals surface area contributed by atoms with Gasteiger partial charge in [0.2, 0.25) is 5.91 Å². The summed E-state index contributed by atoms with van der Waals surface area (Å²) in [6.07, 6.45) is 5.32. The summed E-state index contributed by atoms with van der Waals surface area (Å²) in [5.41, 5.74) is 0.574. The molecule has 0 spiro atoms. The number of carbonyl (C=O) groups excluding carboxylic acids is 1. The highest BCUT2D eigenvalue weighted by atomic mass is 32.2. The van der Waals surface area contributed by atoms with Gasteiger partial charge in [-0.3, -0.25) is 4.79 Å². The predicted molar refractivity (Wildman–Crippen MR) is 82.9 cm³/mol. The molecule has 3 rings (SSSR count). The highest BCUT2D eigenvalue weighted by molar-refractivity contribution is 7.99. The van der Waals surface area contributed by atoms with Gasteiger partial charge in [-0.2, -0.15) is 0 Å². The molecule has 116 valence electrons.